The highest BCUT2D eigenvalue weighted by atomic mass is 16.7. The van der Waals surface area contributed by atoms with Crippen LogP contribution in [0.15, 0.2) is 42.5 Å². The molecule has 29 heavy (non-hydrogen) atoms. The fourth-order valence-corrected chi connectivity index (χ4v) is 4.16. The summed E-state index contributed by atoms with van der Waals surface area (Å²) in [7, 11) is 2.07. The number of carbonyl (C=O) groups is 1. The highest BCUT2D eigenvalue weighted by Crippen LogP contribution is 2.32. The van der Waals surface area contributed by atoms with Crippen molar-refractivity contribution in [1.29, 1.82) is 0 Å². The molecule has 0 aliphatic carbocycles. The van der Waals surface area contributed by atoms with Crippen molar-refractivity contribution < 1.29 is 24.1 Å². The number of carbonyl (C=O) groups excluding carboxylic acids is 1. The number of nitrogens with one attached hydrogen (secondary N) is 2. The summed E-state index contributed by atoms with van der Waals surface area (Å²) in [6.07, 6.45) is 0. The van der Waals surface area contributed by atoms with Crippen molar-refractivity contribution in [2.24, 2.45) is 0 Å². The Kier molecular flexibility index (Phi) is 6.02. The van der Waals surface area contributed by atoms with Crippen LogP contribution in [0.1, 0.15) is 16.7 Å². The van der Waals surface area contributed by atoms with Gasteiger partial charge in [0.25, 0.3) is 5.91 Å². The standard InChI is InChI=1S/C23H29N3O3/c1-18-5-3-4-6-20(18)15-25-9-11-26(12-10-25)23(27)16-24(2)14-19-7-8-21-22(13-19)29-17-28-21/h3-8,13H,9-12,14-17H2,1-2H3/p+2. The Labute approximate surface area is 172 Å². The molecule has 6 nitrogen and oxygen atoms in total. The summed E-state index contributed by atoms with van der Waals surface area (Å²) in [4.78, 5) is 17.5. The SMILES string of the molecule is Cc1ccccc1C[NH+]1CCN(C(=O)C[NH+](C)Cc2ccc3c(c2)OCO3)CC1. The Bertz CT molecular complexity index is 862. The van der Waals surface area contributed by atoms with E-state index in [4.69, 9.17) is 9.47 Å². The highest BCUT2D eigenvalue weighted by Gasteiger charge is 2.26. The second kappa shape index (κ2) is 8.84. The minimum atomic E-state index is 0.248. The number of amides is 1. The number of hydrogen-bond donors (Lipinski definition) is 2. The van der Waals surface area contributed by atoms with Crippen molar-refractivity contribution in [3.63, 3.8) is 0 Å². The molecule has 6 heteroatoms. The Balaban J connectivity index is 1.24. The number of quaternary nitrogens is 2. The average molecular weight is 398 g/mol. The van der Waals surface area contributed by atoms with Gasteiger partial charge >= 0.3 is 0 Å². The van der Waals surface area contributed by atoms with E-state index >= 15 is 0 Å². The molecule has 0 aromatic heterocycles. The smallest absolute Gasteiger partial charge is 0.278 e. The van der Waals surface area contributed by atoms with Gasteiger partial charge in [-0.1, -0.05) is 24.3 Å². The maximum Gasteiger partial charge on any atom is 0.278 e. The van der Waals surface area contributed by atoms with Crippen LogP contribution in [-0.4, -0.2) is 57.4 Å². The van der Waals surface area contributed by atoms with Crippen LogP contribution >= 0.6 is 0 Å². The number of piperazine rings is 1. The summed E-state index contributed by atoms with van der Waals surface area (Å²) in [5.41, 5.74) is 3.93. The zero-order valence-corrected chi connectivity index (χ0v) is 17.4. The highest BCUT2D eigenvalue weighted by molar-refractivity contribution is 5.77. The number of ether oxygens (including phenoxy) is 2. The monoisotopic (exact) mass is 397 g/mol. The van der Waals surface area contributed by atoms with Crippen LogP contribution in [0.2, 0.25) is 0 Å². The number of rotatable bonds is 6. The first-order chi connectivity index (χ1) is 14.1. The molecule has 2 heterocycles. The number of benzene rings is 2. The van der Waals surface area contributed by atoms with E-state index in [-0.39, 0.29) is 12.7 Å². The van der Waals surface area contributed by atoms with Gasteiger partial charge in [-0.05, 0) is 30.7 Å². The molecule has 1 fully saturated rings. The maximum absolute atomic E-state index is 12.8. The number of hydrogen-bond acceptors (Lipinski definition) is 3. The van der Waals surface area contributed by atoms with Gasteiger partial charge in [-0.25, -0.2) is 0 Å². The summed E-state index contributed by atoms with van der Waals surface area (Å²) in [5.74, 6) is 1.85. The van der Waals surface area contributed by atoms with E-state index in [0.29, 0.717) is 6.54 Å². The van der Waals surface area contributed by atoms with Gasteiger partial charge in [-0.15, -0.1) is 0 Å². The zero-order valence-electron chi connectivity index (χ0n) is 17.4. The quantitative estimate of drug-likeness (QED) is 0.702. The first kappa shape index (κ1) is 19.7. The van der Waals surface area contributed by atoms with E-state index in [1.54, 1.807) is 4.90 Å². The topological polar surface area (TPSA) is 47.7 Å². The third-order valence-corrected chi connectivity index (χ3v) is 5.92. The van der Waals surface area contributed by atoms with Gasteiger partial charge in [0.2, 0.25) is 6.79 Å². The number of likely N-dealkylation sites (N-methyl/N-ethyl adjacent to an activating group) is 1. The molecule has 0 saturated carbocycles. The maximum atomic E-state index is 12.8. The zero-order chi connectivity index (χ0) is 20.2. The van der Waals surface area contributed by atoms with Gasteiger partial charge in [0.15, 0.2) is 18.0 Å². The molecule has 0 radical (unpaired) electrons. The lowest BCUT2D eigenvalue weighted by molar-refractivity contribution is -0.918. The fraction of sp³-hybridized carbons (Fsp3) is 0.435. The van der Waals surface area contributed by atoms with Gasteiger partial charge in [0.05, 0.1) is 33.2 Å². The van der Waals surface area contributed by atoms with Crippen LogP contribution in [0.25, 0.3) is 0 Å². The summed E-state index contributed by atoms with van der Waals surface area (Å²) in [6.45, 7) is 8.54. The minimum Gasteiger partial charge on any atom is -0.454 e. The Hall–Kier alpha value is -2.57. The van der Waals surface area contributed by atoms with Crippen LogP contribution in [0.5, 0.6) is 11.5 Å². The lowest BCUT2D eigenvalue weighted by Gasteiger charge is -2.32. The van der Waals surface area contributed by atoms with E-state index in [9.17, 15) is 4.79 Å². The molecule has 1 amide bonds. The molecule has 0 bridgehead atoms. The van der Waals surface area contributed by atoms with E-state index in [0.717, 1.165) is 56.3 Å². The second-order valence-electron chi connectivity index (χ2n) is 8.23. The Morgan fingerprint density at radius 1 is 1.10 bits per heavy atom. The minimum absolute atomic E-state index is 0.248. The molecule has 2 aliphatic rings. The van der Waals surface area contributed by atoms with E-state index < -0.39 is 0 Å². The molecular weight excluding hydrogens is 366 g/mol. The van der Waals surface area contributed by atoms with Gasteiger partial charge in [-0.2, -0.15) is 0 Å². The second-order valence-corrected chi connectivity index (χ2v) is 8.23. The van der Waals surface area contributed by atoms with Crippen LogP contribution in [-0.2, 0) is 17.9 Å². The van der Waals surface area contributed by atoms with E-state index in [2.05, 4.69) is 44.3 Å². The van der Waals surface area contributed by atoms with Crippen molar-refractivity contribution in [3.05, 3.63) is 59.2 Å². The molecule has 4 rings (SSSR count). The molecule has 2 aromatic rings. The molecule has 2 aromatic carbocycles. The van der Waals surface area contributed by atoms with Crippen LogP contribution in [0, 0.1) is 6.92 Å². The van der Waals surface area contributed by atoms with Crippen LogP contribution in [0.4, 0.5) is 0 Å². The molecule has 2 N–H and O–H groups in total. The molecule has 1 atom stereocenters. The van der Waals surface area contributed by atoms with Crippen LogP contribution < -0.4 is 19.3 Å². The molecular formula is C23H31N3O3+2. The molecule has 154 valence electrons. The van der Waals surface area contributed by atoms with Crippen molar-refractivity contribution in [3.8, 4) is 11.5 Å². The first-order valence-corrected chi connectivity index (χ1v) is 10.4. The molecule has 1 saturated heterocycles. The van der Waals surface area contributed by atoms with Crippen molar-refractivity contribution in [2.75, 3.05) is 46.6 Å². The van der Waals surface area contributed by atoms with Gasteiger partial charge in [0.1, 0.15) is 13.1 Å². The lowest BCUT2D eigenvalue weighted by Crippen LogP contribution is -3.14. The van der Waals surface area contributed by atoms with E-state index in [1.807, 2.05) is 17.0 Å². The third kappa shape index (κ3) is 4.89. The number of nitrogens with zero attached hydrogens (tertiary/aromatic N) is 1. The predicted octanol–water partition coefficient (Wildman–Crippen LogP) is -0.334. The Morgan fingerprint density at radius 3 is 2.66 bits per heavy atom. The summed E-state index contributed by atoms with van der Waals surface area (Å²) in [6, 6.07) is 14.6. The van der Waals surface area contributed by atoms with Gasteiger partial charge < -0.3 is 24.2 Å². The molecule has 0 spiro atoms. The summed E-state index contributed by atoms with van der Waals surface area (Å²) in [5, 5.41) is 0. The van der Waals surface area contributed by atoms with Crippen molar-refractivity contribution >= 4 is 5.91 Å². The summed E-state index contributed by atoms with van der Waals surface area (Å²) >= 11 is 0. The average Bonchev–Trinajstić information content (AvgIpc) is 3.18. The fourth-order valence-electron chi connectivity index (χ4n) is 4.16. The normalized spacial score (nSPS) is 17.4. The van der Waals surface area contributed by atoms with Crippen molar-refractivity contribution in [1.82, 2.24) is 4.90 Å². The van der Waals surface area contributed by atoms with Gasteiger partial charge in [-0.3, -0.25) is 4.79 Å². The van der Waals surface area contributed by atoms with Gasteiger partial charge in [0, 0.05) is 11.1 Å². The number of fused-ring (bicyclic) bond motifs is 1. The number of aryl methyl sites for hydroxylation is 1. The lowest BCUT2D eigenvalue weighted by atomic mass is 10.1. The first-order valence-electron chi connectivity index (χ1n) is 10.4. The molecule has 2 aliphatic heterocycles. The largest absolute Gasteiger partial charge is 0.454 e. The van der Waals surface area contributed by atoms with Crippen LogP contribution in [0.3, 0.4) is 0 Å². The Morgan fingerprint density at radius 2 is 1.86 bits per heavy atom. The molecule has 1 unspecified atom stereocenters. The van der Waals surface area contributed by atoms with Crippen molar-refractivity contribution in [2.45, 2.75) is 20.0 Å². The van der Waals surface area contributed by atoms with E-state index in [1.165, 1.54) is 16.0 Å². The summed E-state index contributed by atoms with van der Waals surface area (Å²) < 4.78 is 10.8. The third-order valence-electron chi connectivity index (χ3n) is 5.92. The predicted molar refractivity (Wildman–Crippen MR) is 110 cm³/mol.